The second kappa shape index (κ2) is 5.71. The van der Waals surface area contributed by atoms with Gasteiger partial charge in [-0.3, -0.25) is 10.1 Å². The molecular weight excluding hydrogens is 316 g/mol. The Bertz CT molecular complexity index is 806. The average molecular weight is 327 g/mol. The lowest BCUT2D eigenvalue weighted by Gasteiger charge is -2.08. The molecule has 0 amide bonds. The predicted molar refractivity (Wildman–Crippen MR) is 79.9 cm³/mol. The van der Waals surface area contributed by atoms with E-state index in [2.05, 4.69) is 0 Å². The van der Waals surface area contributed by atoms with Gasteiger partial charge < -0.3 is 5.73 Å². The molecule has 0 aliphatic rings. The van der Waals surface area contributed by atoms with Crippen molar-refractivity contribution in [2.75, 3.05) is 5.73 Å². The molecule has 0 saturated carbocycles. The Hall–Kier alpha value is -2.12. The topological polar surface area (TPSA) is 103 Å². The van der Waals surface area contributed by atoms with Crippen molar-refractivity contribution in [2.24, 2.45) is 0 Å². The van der Waals surface area contributed by atoms with Crippen LogP contribution in [0.1, 0.15) is 5.56 Å². The van der Waals surface area contributed by atoms with Crippen LogP contribution in [0.15, 0.2) is 47.4 Å². The van der Waals surface area contributed by atoms with Gasteiger partial charge in [0.25, 0.3) is 5.69 Å². The van der Waals surface area contributed by atoms with E-state index in [0.717, 1.165) is 6.07 Å². The first-order valence-electron chi connectivity index (χ1n) is 5.81. The van der Waals surface area contributed by atoms with Gasteiger partial charge in [0.05, 0.1) is 21.3 Å². The van der Waals surface area contributed by atoms with Crippen LogP contribution in [0.2, 0.25) is 5.02 Å². The Morgan fingerprint density at radius 3 is 2.48 bits per heavy atom. The van der Waals surface area contributed by atoms with Crippen molar-refractivity contribution in [1.82, 2.24) is 0 Å². The molecule has 8 heteroatoms. The Morgan fingerprint density at radius 2 is 1.86 bits per heavy atom. The van der Waals surface area contributed by atoms with E-state index in [1.54, 1.807) is 12.1 Å². The number of benzene rings is 2. The highest BCUT2D eigenvalue weighted by atomic mass is 35.5. The molecular formula is C13H11ClN2O4S. The van der Waals surface area contributed by atoms with Gasteiger partial charge in [-0.25, -0.2) is 8.42 Å². The molecule has 2 N–H and O–H groups in total. The summed E-state index contributed by atoms with van der Waals surface area (Å²) in [5.74, 6) is -0.519. The van der Waals surface area contributed by atoms with Crippen LogP contribution < -0.4 is 5.73 Å². The molecule has 6 nitrogen and oxygen atoms in total. The molecule has 21 heavy (non-hydrogen) atoms. The number of rotatable bonds is 4. The fourth-order valence-corrected chi connectivity index (χ4v) is 3.56. The third kappa shape index (κ3) is 3.32. The van der Waals surface area contributed by atoms with Crippen molar-refractivity contribution in [1.29, 1.82) is 0 Å². The highest BCUT2D eigenvalue weighted by Gasteiger charge is 2.23. The molecule has 0 atom stereocenters. The normalized spacial score (nSPS) is 11.3. The number of sulfone groups is 1. The minimum absolute atomic E-state index is 0.0470. The smallest absolute Gasteiger partial charge is 0.275 e. The molecule has 0 radical (unpaired) electrons. The Morgan fingerprint density at radius 1 is 1.19 bits per heavy atom. The van der Waals surface area contributed by atoms with E-state index < -0.39 is 20.5 Å². The van der Waals surface area contributed by atoms with Gasteiger partial charge in [0.15, 0.2) is 9.84 Å². The molecule has 0 heterocycles. The first-order chi connectivity index (χ1) is 9.81. The summed E-state index contributed by atoms with van der Waals surface area (Å²) in [6.45, 7) is 0. The van der Waals surface area contributed by atoms with Crippen LogP contribution in [-0.4, -0.2) is 13.3 Å². The number of hydrogen-bond acceptors (Lipinski definition) is 5. The van der Waals surface area contributed by atoms with E-state index in [1.165, 1.54) is 24.3 Å². The highest BCUT2D eigenvalue weighted by Crippen LogP contribution is 2.28. The third-order valence-electron chi connectivity index (χ3n) is 2.84. The molecule has 2 rings (SSSR count). The minimum Gasteiger partial charge on any atom is -0.398 e. The maximum absolute atomic E-state index is 12.3. The first kappa shape index (κ1) is 15.3. The van der Waals surface area contributed by atoms with Gasteiger partial charge in [0.2, 0.25) is 0 Å². The maximum atomic E-state index is 12.3. The van der Waals surface area contributed by atoms with E-state index >= 15 is 0 Å². The highest BCUT2D eigenvalue weighted by molar-refractivity contribution is 7.90. The summed E-state index contributed by atoms with van der Waals surface area (Å²) in [5, 5.41) is 11.2. The van der Waals surface area contributed by atoms with Crippen LogP contribution in [0.4, 0.5) is 11.4 Å². The molecule has 0 aliphatic carbocycles. The van der Waals surface area contributed by atoms with E-state index in [1.807, 2.05) is 0 Å². The number of nitrogen functional groups attached to an aromatic ring is 1. The summed E-state index contributed by atoms with van der Waals surface area (Å²) in [6.07, 6.45) is 0. The second-order valence-electron chi connectivity index (χ2n) is 4.33. The molecule has 0 saturated heterocycles. The van der Waals surface area contributed by atoms with Crippen LogP contribution in [0.25, 0.3) is 0 Å². The van der Waals surface area contributed by atoms with E-state index in [4.69, 9.17) is 17.3 Å². The molecule has 110 valence electrons. The predicted octanol–water partition coefficient (Wildman–Crippen LogP) is 2.80. The number of anilines is 1. The van der Waals surface area contributed by atoms with E-state index in [-0.39, 0.29) is 26.9 Å². The van der Waals surface area contributed by atoms with Crippen LogP contribution >= 0.6 is 11.6 Å². The molecule has 0 unspecified atom stereocenters. The number of halogens is 1. The summed E-state index contributed by atoms with van der Waals surface area (Å²) < 4.78 is 24.7. The molecule has 0 aromatic heterocycles. The van der Waals surface area contributed by atoms with Crippen LogP contribution in [-0.2, 0) is 15.6 Å². The van der Waals surface area contributed by atoms with Crippen LogP contribution in [0.5, 0.6) is 0 Å². The van der Waals surface area contributed by atoms with E-state index in [0.29, 0.717) is 0 Å². The zero-order chi connectivity index (χ0) is 15.6. The monoisotopic (exact) mass is 326 g/mol. The average Bonchev–Trinajstić information content (AvgIpc) is 2.40. The fourth-order valence-electron chi connectivity index (χ4n) is 1.88. The van der Waals surface area contributed by atoms with Gasteiger partial charge >= 0.3 is 0 Å². The summed E-state index contributed by atoms with van der Waals surface area (Å²) in [6, 6.07) is 9.85. The zero-order valence-corrected chi connectivity index (χ0v) is 12.3. The summed E-state index contributed by atoms with van der Waals surface area (Å²) in [4.78, 5) is 10.3. The fraction of sp³-hybridized carbons (Fsp3) is 0.0769. The SMILES string of the molecule is Nc1ccccc1S(=O)(=O)Cc1ccc(Cl)cc1[N+](=O)[O-]. The summed E-state index contributed by atoms with van der Waals surface area (Å²) in [7, 11) is -3.79. The molecule has 0 spiro atoms. The van der Waals surface area contributed by atoms with Crippen molar-refractivity contribution in [2.45, 2.75) is 10.6 Å². The van der Waals surface area contributed by atoms with Crippen LogP contribution in [0.3, 0.4) is 0 Å². The van der Waals surface area contributed by atoms with Gasteiger partial charge in [-0.15, -0.1) is 0 Å². The van der Waals surface area contributed by atoms with Crippen molar-refractivity contribution < 1.29 is 13.3 Å². The number of hydrogen-bond donors (Lipinski definition) is 1. The van der Waals surface area contributed by atoms with Gasteiger partial charge in [-0.2, -0.15) is 0 Å². The quantitative estimate of drug-likeness (QED) is 0.528. The van der Waals surface area contributed by atoms with Crippen molar-refractivity contribution in [3.8, 4) is 0 Å². The largest absolute Gasteiger partial charge is 0.398 e. The lowest BCUT2D eigenvalue weighted by molar-refractivity contribution is -0.385. The van der Waals surface area contributed by atoms with Crippen molar-refractivity contribution in [3.05, 3.63) is 63.2 Å². The number of nitro benzene ring substituents is 1. The molecule has 2 aromatic rings. The molecule has 0 bridgehead atoms. The van der Waals surface area contributed by atoms with Gasteiger partial charge in [0.1, 0.15) is 0 Å². The first-order valence-corrected chi connectivity index (χ1v) is 7.84. The molecule has 2 aromatic carbocycles. The Labute approximate surface area is 126 Å². The van der Waals surface area contributed by atoms with Gasteiger partial charge in [0, 0.05) is 16.7 Å². The summed E-state index contributed by atoms with van der Waals surface area (Å²) >= 11 is 5.70. The number of nitro groups is 1. The standard InChI is InChI=1S/C13H11ClN2O4S/c14-10-6-5-9(12(7-10)16(17)18)8-21(19,20)13-4-2-1-3-11(13)15/h1-7H,8,15H2. The lowest BCUT2D eigenvalue weighted by atomic mass is 10.2. The third-order valence-corrected chi connectivity index (χ3v) is 4.81. The number of nitrogens with zero attached hydrogens (tertiary/aromatic N) is 1. The minimum atomic E-state index is -3.79. The molecule has 0 fully saturated rings. The summed E-state index contributed by atoms with van der Waals surface area (Å²) in [5.41, 5.74) is 5.48. The van der Waals surface area contributed by atoms with Gasteiger partial charge in [-0.1, -0.05) is 23.7 Å². The number of nitrogens with two attached hydrogens (primary N) is 1. The zero-order valence-electron chi connectivity index (χ0n) is 10.7. The van der Waals surface area contributed by atoms with Gasteiger partial charge in [-0.05, 0) is 24.3 Å². The number of para-hydroxylation sites is 1. The second-order valence-corrected chi connectivity index (χ2v) is 6.72. The maximum Gasteiger partial charge on any atom is 0.275 e. The van der Waals surface area contributed by atoms with Crippen molar-refractivity contribution >= 4 is 32.8 Å². The molecule has 0 aliphatic heterocycles. The Balaban J connectivity index is 2.47. The lowest BCUT2D eigenvalue weighted by Crippen LogP contribution is -2.09. The van der Waals surface area contributed by atoms with E-state index in [9.17, 15) is 18.5 Å². The van der Waals surface area contributed by atoms with Crippen LogP contribution in [0, 0.1) is 10.1 Å². The van der Waals surface area contributed by atoms with Crippen molar-refractivity contribution in [3.63, 3.8) is 0 Å². The Kier molecular flexibility index (Phi) is 4.15.